The van der Waals surface area contributed by atoms with Gasteiger partial charge < -0.3 is 42.9 Å². The van der Waals surface area contributed by atoms with Crippen LogP contribution in [0.25, 0.3) is 0 Å². The highest BCUT2D eigenvalue weighted by molar-refractivity contribution is 5.95. The molecule has 0 radical (unpaired) electrons. The molecule has 1 aliphatic rings. The normalized spacial score (nSPS) is 19.3. The molecule has 1 saturated heterocycles. The average Bonchev–Trinajstić information content (AvgIpc) is 3.17. The molecule has 1 heterocycles. The van der Waals surface area contributed by atoms with Crippen molar-refractivity contribution in [2.24, 2.45) is 17.2 Å². The van der Waals surface area contributed by atoms with Gasteiger partial charge in [0.15, 0.2) is 6.04 Å². The predicted molar refractivity (Wildman–Crippen MR) is 108 cm³/mol. The summed E-state index contributed by atoms with van der Waals surface area (Å²) in [6.07, 6.45) is -1.63. The number of carboxylic acids is 1. The number of aliphatic hydroxyl groups is 1. The average molecular weight is 458 g/mol. The smallest absolute Gasteiger partial charge is 0.328 e. The Morgan fingerprint density at radius 1 is 1.09 bits per heavy atom. The van der Waals surface area contributed by atoms with Gasteiger partial charge in [0.05, 0.1) is 18.6 Å². The number of nitrogens with two attached hydrogens (primary N) is 3. The van der Waals surface area contributed by atoms with Gasteiger partial charge in [0.25, 0.3) is 0 Å². The summed E-state index contributed by atoms with van der Waals surface area (Å²) in [4.78, 5) is 72.5. The van der Waals surface area contributed by atoms with Crippen LogP contribution in [0.5, 0.6) is 0 Å². The van der Waals surface area contributed by atoms with Crippen LogP contribution in [0.1, 0.15) is 39.0 Å². The summed E-state index contributed by atoms with van der Waals surface area (Å²) in [6, 6.07) is -5.21. The van der Waals surface area contributed by atoms with Crippen molar-refractivity contribution in [2.45, 2.75) is 69.3 Å². The molecule has 0 aliphatic carbocycles. The molecule has 5 atom stereocenters. The molecular weight excluding hydrogens is 428 g/mol. The number of carbonyl (C=O) groups is 6. The summed E-state index contributed by atoms with van der Waals surface area (Å²) < 4.78 is 0. The number of amides is 5. The van der Waals surface area contributed by atoms with Gasteiger partial charge in [-0.05, 0) is 26.2 Å². The Balaban J connectivity index is 2.99. The molecule has 10 N–H and O–H groups in total. The molecule has 32 heavy (non-hydrogen) atoms. The fourth-order valence-electron chi connectivity index (χ4n) is 3.27. The highest BCUT2D eigenvalue weighted by Gasteiger charge is 2.39. The highest BCUT2D eigenvalue weighted by atomic mass is 16.4. The first-order valence-electron chi connectivity index (χ1n) is 9.99. The summed E-state index contributed by atoms with van der Waals surface area (Å²) in [6.45, 7) is 1.33. The van der Waals surface area contributed by atoms with Crippen LogP contribution in [0.15, 0.2) is 0 Å². The monoisotopic (exact) mass is 458 g/mol. The summed E-state index contributed by atoms with van der Waals surface area (Å²) in [7, 11) is 0. The molecule has 0 saturated carbocycles. The highest BCUT2D eigenvalue weighted by Crippen LogP contribution is 2.20. The van der Waals surface area contributed by atoms with Gasteiger partial charge in [-0.3, -0.25) is 24.0 Å². The molecule has 1 fully saturated rings. The second kappa shape index (κ2) is 12.0. The standard InChI is InChI=1S/C18H30N6O8/c1-8(25)14(18(31)32)23-16(29)11-3-2-6-24(11)17(30)10(4-5-12(20)26)22-15(28)9(19)7-13(21)27/h8-11,14,25H,2-7,19H2,1H3,(H2,20,26)(H2,21,27)(H,22,28)(H,23,29)(H,31,32). The Bertz CT molecular complexity index is 758. The zero-order chi connectivity index (χ0) is 24.6. The van der Waals surface area contributed by atoms with Crippen molar-refractivity contribution in [2.75, 3.05) is 6.54 Å². The summed E-state index contributed by atoms with van der Waals surface area (Å²) in [5.41, 5.74) is 15.7. The van der Waals surface area contributed by atoms with E-state index in [1.54, 1.807) is 0 Å². The lowest BCUT2D eigenvalue weighted by Gasteiger charge is -2.30. The fourth-order valence-corrected chi connectivity index (χ4v) is 3.27. The second-order valence-electron chi connectivity index (χ2n) is 7.60. The lowest BCUT2D eigenvalue weighted by molar-refractivity contribution is -0.147. The zero-order valence-electron chi connectivity index (χ0n) is 17.7. The minimum absolute atomic E-state index is 0.139. The van der Waals surface area contributed by atoms with Gasteiger partial charge >= 0.3 is 5.97 Å². The van der Waals surface area contributed by atoms with E-state index in [4.69, 9.17) is 22.3 Å². The first kappa shape index (κ1) is 26.8. The van der Waals surface area contributed by atoms with Crippen LogP contribution in [0.3, 0.4) is 0 Å². The maximum atomic E-state index is 13.1. The van der Waals surface area contributed by atoms with Crippen LogP contribution in [0, 0.1) is 0 Å². The Morgan fingerprint density at radius 2 is 1.72 bits per heavy atom. The predicted octanol–water partition coefficient (Wildman–Crippen LogP) is -4.12. The van der Waals surface area contributed by atoms with E-state index in [9.17, 15) is 33.9 Å². The number of carbonyl (C=O) groups excluding carboxylic acids is 5. The molecule has 5 amide bonds. The number of nitrogens with zero attached hydrogens (tertiary/aromatic N) is 1. The van der Waals surface area contributed by atoms with E-state index >= 15 is 0 Å². The lowest BCUT2D eigenvalue weighted by atomic mass is 10.1. The quantitative estimate of drug-likeness (QED) is 0.150. The van der Waals surface area contributed by atoms with E-state index in [1.165, 1.54) is 6.92 Å². The van der Waals surface area contributed by atoms with Crippen molar-refractivity contribution in [1.82, 2.24) is 15.5 Å². The first-order chi connectivity index (χ1) is 14.8. The molecule has 0 spiro atoms. The van der Waals surface area contributed by atoms with Crippen molar-refractivity contribution >= 4 is 35.5 Å². The van der Waals surface area contributed by atoms with Crippen LogP contribution in [-0.4, -0.2) is 87.4 Å². The van der Waals surface area contributed by atoms with Gasteiger partial charge in [-0.1, -0.05) is 0 Å². The number of aliphatic hydroxyl groups excluding tert-OH is 1. The number of nitrogens with one attached hydrogen (secondary N) is 2. The molecular formula is C18H30N6O8. The van der Waals surface area contributed by atoms with Crippen molar-refractivity contribution in [3.05, 3.63) is 0 Å². The number of hydrogen-bond acceptors (Lipinski definition) is 8. The van der Waals surface area contributed by atoms with E-state index in [2.05, 4.69) is 10.6 Å². The molecule has 0 aromatic heterocycles. The van der Waals surface area contributed by atoms with Crippen molar-refractivity contribution in [1.29, 1.82) is 0 Å². The van der Waals surface area contributed by atoms with Gasteiger partial charge in [0, 0.05) is 13.0 Å². The largest absolute Gasteiger partial charge is 0.480 e. The number of rotatable bonds is 12. The number of likely N-dealkylation sites (tertiary alicyclic amines) is 1. The summed E-state index contributed by atoms with van der Waals surface area (Å²) in [5.74, 6) is -5.33. The van der Waals surface area contributed by atoms with Crippen LogP contribution < -0.4 is 27.8 Å². The van der Waals surface area contributed by atoms with Gasteiger partial charge in [0.2, 0.25) is 29.5 Å². The van der Waals surface area contributed by atoms with Crippen LogP contribution in [0.2, 0.25) is 0 Å². The third kappa shape index (κ3) is 7.77. The number of aliphatic carboxylic acids is 1. The van der Waals surface area contributed by atoms with Crippen molar-refractivity contribution < 1.29 is 39.0 Å². The molecule has 1 rings (SSSR count). The van der Waals surface area contributed by atoms with Crippen LogP contribution >= 0.6 is 0 Å². The fraction of sp³-hybridized carbons (Fsp3) is 0.667. The Labute approximate surface area is 183 Å². The lowest BCUT2D eigenvalue weighted by Crippen LogP contribution is -2.58. The van der Waals surface area contributed by atoms with E-state index in [0.29, 0.717) is 6.42 Å². The molecule has 14 heteroatoms. The molecule has 180 valence electrons. The third-order valence-corrected chi connectivity index (χ3v) is 4.94. The first-order valence-corrected chi connectivity index (χ1v) is 9.99. The minimum Gasteiger partial charge on any atom is -0.480 e. The topological polar surface area (TPSA) is 248 Å². The minimum atomic E-state index is -1.57. The van der Waals surface area contributed by atoms with Gasteiger partial charge in [0.1, 0.15) is 12.1 Å². The zero-order valence-corrected chi connectivity index (χ0v) is 17.7. The van der Waals surface area contributed by atoms with Gasteiger partial charge in [-0.25, -0.2) is 4.79 Å². The molecule has 14 nitrogen and oxygen atoms in total. The Kier molecular flexibility index (Phi) is 10.00. The summed E-state index contributed by atoms with van der Waals surface area (Å²) >= 11 is 0. The second-order valence-corrected chi connectivity index (χ2v) is 7.60. The van der Waals surface area contributed by atoms with E-state index in [1.807, 2.05) is 0 Å². The Hall–Kier alpha value is -3.26. The van der Waals surface area contributed by atoms with E-state index < -0.39 is 72.2 Å². The number of carboxylic acid groups (broad SMARTS) is 1. The van der Waals surface area contributed by atoms with Crippen molar-refractivity contribution in [3.8, 4) is 0 Å². The third-order valence-electron chi connectivity index (χ3n) is 4.94. The number of primary amides is 2. The summed E-state index contributed by atoms with van der Waals surface area (Å²) in [5, 5.41) is 23.3. The Morgan fingerprint density at radius 3 is 2.22 bits per heavy atom. The molecule has 0 aromatic carbocycles. The maximum Gasteiger partial charge on any atom is 0.328 e. The molecule has 0 aromatic rings. The SMILES string of the molecule is CC(O)C(NC(=O)C1CCCN1C(=O)C(CCC(N)=O)NC(=O)C(N)CC(N)=O)C(=O)O. The van der Waals surface area contributed by atoms with E-state index in [-0.39, 0.29) is 25.8 Å². The van der Waals surface area contributed by atoms with Crippen LogP contribution in [-0.2, 0) is 28.8 Å². The maximum absolute atomic E-state index is 13.1. The van der Waals surface area contributed by atoms with Crippen LogP contribution in [0.4, 0.5) is 0 Å². The van der Waals surface area contributed by atoms with Crippen molar-refractivity contribution in [3.63, 3.8) is 0 Å². The molecule has 0 bridgehead atoms. The molecule has 1 aliphatic heterocycles. The molecule has 5 unspecified atom stereocenters. The van der Waals surface area contributed by atoms with Gasteiger partial charge in [-0.15, -0.1) is 0 Å². The number of hydrogen-bond donors (Lipinski definition) is 7. The van der Waals surface area contributed by atoms with E-state index in [0.717, 1.165) is 4.90 Å². The van der Waals surface area contributed by atoms with Gasteiger partial charge in [-0.2, -0.15) is 0 Å².